The second-order valence-corrected chi connectivity index (χ2v) is 6.53. The maximum absolute atomic E-state index is 4.92. The SMILES string of the molecule is CC(C)(C)C1=Cc2nonc2CC(c2ccccc2)C1. The van der Waals surface area contributed by atoms with Crippen LogP contribution in [0, 0.1) is 5.41 Å². The fourth-order valence-corrected chi connectivity index (χ4v) is 2.74. The van der Waals surface area contributed by atoms with Gasteiger partial charge in [-0.05, 0) is 29.4 Å². The molecule has 3 rings (SSSR count). The molecule has 0 aliphatic heterocycles. The lowest BCUT2D eigenvalue weighted by molar-refractivity contribution is 0.301. The Labute approximate surface area is 119 Å². The van der Waals surface area contributed by atoms with Gasteiger partial charge in [0.05, 0.1) is 0 Å². The molecule has 3 nitrogen and oxygen atoms in total. The summed E-state index contributed by atoms with van der Waals surface area (Å²) in [6, 6.07) is 10.7. The van der Waals surface area contributed by atoms with Crippen molar-refractivity contribution in [3.05, 3.63) is 52.9 Å². The molecule has 0 spiro atoms. The van der Waals surface area contributed by atoms with Crippen LogP contribution in [0.2, 0.25) is 0 Å². The van der Waals surface area contributed by atoms with Crippen LogP contribution in [0.5, 0.6) is 0 Å². The first-order valence-corrected chi connectivity index (χ1v) is 7.11. The lowest BCUT2D eigenvalue weighted by Gasteiger charge is -2.26. The Hall–Kier alpha value is -1.90. The van der Waals surface area contributed by atoms with Crippen LogP contribution in [0.3, 0.4) is 0 Å². The van der Waals surface area contributed by atoms with Crippen molar-refractivity contribution in [2.24, 2.45) is 5.41 Å². The topological polar surface area (TPSA) is 38.9 Å². The summed E-state index contributed by atoms with van der Waals surface area (Å²) in [7, 11) is 0. The molecule has 20 heavy (non-hydrogen) atoms. The van der Waals surface area contributed by atoms with E-state index in [-0.39, 0.29) is 5.41 Å². The van der Waals surface area contributed by atoms with Crippen molar-refractivity contribution >= 4 is 6.08 Å². The number of rotatable bonds is 1. The first-order chi connectivity index (χ1) is 9.54. The molecule has 0 bridgehead atoms. The van der Waals surface area contributed by atoms with Crippen molar-refractivity contribution in [2.75, 3.05) is 0 Å². The normalized spacial score (nSPS) is 19.1. The molecule has 0 N–H and O–H groups in total. The third-order valence-corrected chi connectivity index (χ3v) is 4.04. The molecule has 1 aromatic carbocycles. The van der Waals surface area contributed by atoms with Crippen LogP contribution in [-0.2, 0) is 6.42 Å². The zero-order valence-corrected chi connectivity index (χ0v) is 12.3. The van der Waals surface area contributed by atoms with Gasteiger partial charge >= 0.3 is 0 Å². The van der Waals surface area contributed by atoms with E-state index in [1.807, 2.05) is 0 Å². The number of benzene rings is 1. The van der Waals surface area contributed by atoms with Crippen molar-refractivity contribution in [2.45, 2.75) is 39.5 Å². The molecule has 1 atom stereocenters. The van der Waals surface area contributed by atoms with Crippen LogP contribution >= 0.6 is 0 Å². The standard InChI is InChI=1S/C17H20N2O/c1-17(2,3)14-9-13(12-7-5-4-6-8-12)10-15-16(11-14)19-20-18-15/h4-8,11,13H,9-10H2,1-3H3. The molecule has 1 unspecified atom stereocenters. The van der Waals surface area contributed by atoms with E-state index in [1.165, 1.54) is 11.1 Å². The predicted octanol–water partition coefficient (Wildman–Crippen LogP) is 4.23. The number of aromatic nitrogens is 2. The van der Waals surface area contributed by atoms with Crippen LogP contribution in [0.25, 0.3) is 6.08 Å². The average molecular weight is 268 g/mol. The van der Waals surface area contributed by atoms with E-state index in [0.29, 0.717) is 5.92 Å². The van der Waals surface area contributed by atoms with Crippen molar-refractivity contribution in [1.82, 2.24) is 10.3 Å². The Balaban J connectivity index is 2.03. The van der Waals surface area contributed by atoms with Gasteiger partial charge in [0.2, 0.25) is 0 Å². The van der Waals surface area contributed by atoms with E-state index in [9.17, 15) is 0 Å². The first-order valence-electron chi connectivity index (χ1n) is 7.11. The van der Waals surface area contributed by atoms with Gasteiger partial charge in [0.1, 0.15) is 11.4 Å². The second-order valence-electron chi connectivity index (χ2n) is 6.53. The maximum atomic E-state index is 4.92. The van der Waals surface area contributed by atoms with E-state index >= 15 is 0 Å². The third-order valence-electron chi connectivity index (χ3n) is 4.04. The Morgan fingerprint density at radius 3 is 2.50 bits per heavy atom. The number of fused-ring (bicyclic) bond motifs is 1. The highest BCUT2D eigenvalue weighted by Gasteiger charge is 2.27. The predicted molar refractivity (Wildman–Crippen MR) is 79.2 cm³/mol. The van der Waals surface area contributed by atoms with Gasteiger partial charge in [-0.25, -0.2) is 4.63 Å². The van der Waals surface area contributed by atoms with Gasteiger partial charge in [0.15, 0.2) is 0 Å². The molecule has 0 fully saturated rings. The summed E-state index contributed by atoms with van der Waals surface area (Å²) >= 11 is 0. The summed E-state index contributed by atoms with van der Waals surface area (Å²) in [5, 5.41) is 8.12. The molecule has 0 radical (unpaired) electrons. The summed E-state index contributed by atoms with van der Waals surface area (Å²) in [5.41, 5.74) is 4.76. The smallest absolute Gasteiger partial charge is 0.131 e. The van der Waals surface area contributed by atoms with Crippen LogP contribution in [0.15, 0.2) is 40.5 Å². The zero-order valence-electron chi connectivity index (χ0n) is 12.3. The van der Waals surface area contributed by atoms with Crippen molar-refractivity contribution in [3.63, 3.8) is 0 Å². The summed E-state index contributed by atoms with van der Waals surface area (Å²) < 4.78 is 4.92. The average Bonchev–Trinajstić information content (AvgIpc) is 2.76. The summed E-state index contributed by atoms with van der Waals surface area (Å²) in [6.07, 6.45) is 4.10. The molecule has 2 aromatic rings. The van der Waals surface area contributed by atoms with Crippen molar-refractivity contribution in [1.29, 1.82) is 0 Å². The molecule has 0 saturated heterocycles. The van der Waals surface area contributed by atoms with E-state index in [4.69, 9.17) is 4.63 Å². The van der Waals surface area contributed by atoms with Crippen molar-refractivity contribution < 1.29 is 4.63 Å². The Morgan fingerprint density at radius 2 is 1.80 bits per heavy atom. The van der Waals surface area contributed by atoms with Crippen LogP contribution in [-0.4, -0.2) is 10.3 Å². The molecule has 1 aliphatic carbocycles. The minimum absolute atomic E-state index is 0.133. The third kappa shape index (κ3) is 2.53. The molecule has 1 aliphatic rings. The van der Waals surface area contributed by atoms with E-state index in [0.717, 1.165) is 24.2 Å². The second kappa shape index (κ2) is 4.89. The van der Waals surface area contributed by atoms with E-state index in [2.05, 4.69) is 67.5 Å². The van der Waals surface area contributed by atoms with Gasteiger partial charge < -0.3 is 0 Å². The first kappa shape index (κ1) is 13.1. The van der Waals surface area contributed by atoms with E-state index in [1.54, 1.807) is 0 Å². The Morgan fingerprint density at radius 1 is 1.05 bits per heavy atom. The van der Waals surface area contributed by atoms with Crippen LogP contribution < -0.4 is 0 Å². The number of nitrogens with zero attached hydrogens (tertiary/aromatic N) is 2. The molecule has 0 saturated carbocycles. The minimum Gasteiger partial charge on any atom is -0.244 e. The number of allylic oxidation sites excluding steroid dienone is 1. The molecule has 3 heteroatoms. The monoisotopic (exact) mass is 268 g/mol. The fraction of sp³-hybridized carbons (Fsp3) is 0.412. The fourth-order valence-electron chi connectivity index (χ4n) is 2.74. The molecule has 0 amide bonds. The molecule has 104 valence electrons. The maximum Gasteiger partial charge on any atom is 0.131 e. The largest absolute Gasteiger partial charge is 0.244 e. The highest BCUT2D eigenvalue weighted by Crippen LogP contribution is 2.39. The lowest BCUT2D eigenvalue weighted by Crippen LogP contribution is -2.12. The summed E-state index contributed by atoms with van der Waals surface area (Å²) in [5.74, 6) is 0.440. The number of hydrogen-bond donors (Lipinski definition) is 0. The highest BCUT2D eigenvalue weighted by molar-refractivity contribution is 5.54. The van der Waals surface area contributed by atoms with Gasteiger partial charge in [-0.1, -0.05) is 67.0 Å². The van der Waals surface area contributed by atoms with Crippen LogP contribution in [0.1, 0.15) is 50.1 Å². The van der Waals surface area contributed by atoms with E-state index < -0.39 is 0 Å². The van der Waals surface area contributed by atoms with Gasteiger partial charge in [0.25, 0.3) is 0 Å². The molecule has 1 aromatic heterocycles. The Kier molecular flexibility index (Phi) is 3.20. The minimum atomic E-state index is 0.133. The molecular weight excluding hydrogens is 248 g/mol. The molecule has 1 heterocycles. The van der Waals surface area contributed by atoms with Crippen molar-refractivity contribution in [3.8, 4) is 0 Å². The van der Waals surface area contributed by atoms with Gasteiger partial charge in [-0.15, -0.1) is 0 Å². The Bertz CT molecular complexity index is 620. The van der Waals surface area contributed by atoms with Gasteiger partial charge in [-0.2, -0.15) is 0 Å². The van der Waals surface area contributed by atoms with Gasteiger partial charge in [0, 0.05) is 6.42 Å². The summed E-state index contributed by atoms with van der Waals surface area (Å²) in [6.45, 7) is 6.75. The van der Waals surface area contributed by atoms with Crippen LogP contribution in [0.4, 0.5) is 0 Å². The molecular formula is C17H20N2O. The summed E-state index contributed by atoms with van der Waals surface area (Å²) in [4.78, 5) is 0. The number of hydrogen-bond acceptors (Lipinski definition) is 3. The highest BCUT2D eigenvalue weighted by atomic mass is 16.6. The van der Waals surface area contributed by atoms with Gasteiger partial charge in [-0.3, -0.25) is 0 Å². The zero-order chi connectivity index (χ0) is 14.2. The lowest BCUT2D eigenvalue weighted by atomic mass is 9.79. The quantitative estimate of drug-likeness (QED) is 0.777.